The highest BCUT2D eigenvalue weighted by atomic mass is 15.2. The standard InChI is InChI=1S/C14H22N2/c1-3-10-16(14-8-9-14)11(2)12-4-6-13(15)7-5-12/h4-7,11,14H,3,8-10,15H2,1-2H3. The summed E-state index contributed by atoms with van der Waals surface area (Å²) in [7, 11) is 0. The van der Waals surface area contributed by atoms with E-state index in [0.29, 0.717) is 6.04 Å². The number of anilines is 1. The summed E-state index contributed by atoms with van der Waals surface area (Å²) in [5.41, 5.74) is 7.96. The van der Waals surface area contributed by atoms with E-state index in [0.717, 1.165) is 11.7 Å². The third-order valence-corrected chi connectivity index (χ3v) is 3.41. The largest absolute Gasteiger partial charge is 0.399 e. The zero-order valence-electron chi connectivity index (χ0n) is 10.3. The van der Waals surface area contributed by atoms with Crippen LogP contribution in [0.15, 0.2) is 24.3 Å². The van der Waals surface area contributed by atoms with Gasteiger partial charge in [-0.25, -0.2) is 0 Å². The van der Waals surface area contributed by atoms with Crippen LogP contribution in [0.3, 0.4) is 0 Å². The van der Waals surface area contributed by atoms with Crippen molar-refractivity contribution < 1.29 is 0 Å². The molecule has 0 amide bonds. The van der Waals surface area contributed by atoms with Gasteiger partial charge >= 0.3 is 0 Å². The minimum atomic E-state index is 0.521. The molecular weight excluding hydrogens is 196 g/mol. The minimum absolute atomic E-state index is 0.521. The van der Waals surface area contributed by atoms with Gasteiger partial charge in [0.15, 0.2) is 0 Å². The Bertz CT molecular complexity index is 327. The topological polar surface area (TPSA) is 29.3 Å². The van der Waals surface area contributed by atoms with Crippen molar-refractivity contribution >= 4 is 5.69 Å². The number of nitrogen functional groups attached to an aromatic ring is 1. The first kappa shape index (κ1) is 11.5. The van der Waals surface area contributed by atoms with Crippen molar-refractivity contribution in [1.82, 2.24) is 4.90 Å². The molecule has 2 N–H and O–H groups in total. The molecule has 1 aliphatic rings. The van der Waals surface area contributed by atoms with Gasteiger partial charge in [0.1, 0.15) is 0 Å². The van der Waals surface area contributed by atoms with Crippen LogP contribution in [0.2, 0.25) is 0 Å². The first-order valence-corrected chi connectivity index (χ1v) is 6.33. The van der Waals surface area contributed by atoms with Gasteiger partial charge in [0, 0.05) is 17.8 Å². The number of hydrogen-bond donors (Lipinski definition) is 1. The van der Waals surface area contributed by atoms with E-state index < -0.39 is 0 Å². The lowest BCUT2D eigenvalue weighted by Crippen LogP contribution is -2.30. The molecule has 0 aromatic heterocycles. The van der Waals surface area contributed by atoms with Gasteiger partial charge in [-0.1, -0.05) is 19.1 Å². The van der Waals surface area contributed by atoms with Gasteiger partial charge in [-0.05, 0) is 50.4 Å². The second-order valence-electron chi connectivity index (χ2n) is 4.81. The van der Waals surface area contributed by atoms with Crippen molar-refractivity contribution in [3.05, 3.63) is 29.8 Å². The highest BCUT2D eigenvalue weighted by molar-refractivity contribution is 5.40. The maximum absolute atomic E-state index is 5.72. The van der Waals surface area contributed by atoms with Crippen LogP contribution in [-0.4, -0.2) is 17.5 Å². The molecule has 0 heterocycles. The molecule has 16 heavy (non-hydrogen) atoms. The van der Waals surface area contributed by atoms with Gasteiger partial charge in [-0.2, -0.15) is 0 Å². The summed E-state index contributed by atoms with van der Waals surface area (Å²) in [5.74, 6) is 0. The molecule has 1 aromatic carbocycles. The lowest BCUT2D eigenvalue weighted by atomic mass is 10.1. The highest BCUT2D eigenvalue weighted by Gasteiger charge is 2.31. The fourth-order valence-corrected chi connectivity index (χ4v) is 2.32. The molecule has 1 atom stereocenters. The molecule has 0 aliphatic heterocycles. The molecule has 0 spiro atoms. The molecule has 2 heteroatoms. The Kier molecular flexibility index (Phi) is 3.49. The van der Waals surface area contributed by atoms with Crippen LogP contribution in [0.1, 0.15) is 44.7 Å². The van der Waals surface area contributed by atoms with Gasteiger partial charge < -0.3 is 5.73 Å². The average molecular weight is 218 g/mol. The average Bonchev–Trinajstić information content (AvgIpc) is 3.10. The smallest absolute Gasteiger partial charge is 0.0322 e. The Morgan fingerprint density at radius 3 is 2.44 bits per heavy atom. The maximum Gasteiger partial charge on any atom is 0.0322 e. The van der Waals surface area contributed by atoms with Crippen LogP contribution in [-0.2, 0) is 0 Å². The Morgan fingerprint density at radius 1 is 1.31 bits per heavy atom. The van der Waals surface area contributed by atoms with Crippen molar-refractivity contribution in [3.8, 4) is 0 Å². The lowest BCUT2D eigenvalue weighted by Gasteiger charge is -2.29. The zero-order valence-corrected chi connectivity index (χ0v) is 10.3. The molecule has 1 aromatic rings. The normalized spacial score (nSPS) is 17.7. The predicted octanol–water partition coefficient (Wildman–Crippen LogP) is 3.20. The second kappa shape index (κ2) is 4.88. The van der Waals surface area contributed by atoms with Crippen LogP contribution < -0.4 is 5.73 Å². The highest BCUT2D eigenvalue weighted by Crippen LogP contribution is 2.34. The third kappa shape index (κ3) is 2.56. The van der Waals surface area contributed by atoms with Gasteiger partial charge in [0.05, 0.1) is 0 Å². The Labute approximate surface area is 98.4 Å². The molecular formula is C14H22N2. The summed E-state index contributed by atoms with van der Waals surface area (Å²) in [6.45, 7) is 5.76. The summed E-state index contributed by atoms with van der Waals surface area (Å²) in [6.07, 6.45) is 3.98. The summed E-state index contributed by atoms with van der Waals surface area (Å²) in [5, 5.41) is 0. The van der Waals surface area contributed by atoms with E-state index in [1.54, 1.807) is 0 Å². The van der Waals surface area contributed by atoms with E-state index in [-0.39, 0.29) is 0 Å². The number of hydrogen-bond acceptors (Lipinski definition) is 2. The molecule has 1 unspecified atom stereocenters. The summed E-state index contributed by atoms with van der Waals surface area (Å²) in [6, 6.07) is 9.67. The number of nitrogens with zero attached hydrogens (tertiary/aromatic N) is 1. The van der Waals surface area contributed by atoms with Crippen molar-refractivity contribution in [2.24, 2.45) is 0 Å². The zero-order chi connectivity index (χ0) is 11.5. The molecule has 1 fully saturated rings. The quantitative estimate of drug-likeness (QED) is 0.769. The minimum Gasteiger partial charge on any atom is -0.399 e. The SMILES string of the molecule is CCCN(C1CC1)C(C)c1ccc(N)cc1. The van der Waals surface area contributed by atoms with Crippen LogP contribution >= 0.6 is 0 Å². The summed E-state index contributed by atoms with van der Waals surface area (Å²) in [4.78, 5) is 2.63. The van der Waals surface area contributed by atoms with Crippen molar-refractivity contribution in [2.75, 3.05) is 12.3 Å². The first-order chi connectivity index (χ1) is 7.72. The lowest BCUT2D eigenvalue weighted by molar-refractivity contribution is 0.200. The van der Waals surface area contributed by atoms with Gasteiger partial charge in [0.2, 0.25) is 0 Å². The fourth-order valence-electron chi connectivity index (χ4n) is 2.32. The molecule has 1 saturated carbocycles. The van der Waals surface area contributed by atoms with E-state index in [1.807, 2.05) is 12.1 Å². The molecule has 0 bridgehead atoms. The third-order valence-electron chi connectivity index (χ3n) is 3.41. The Morgan fingerprint density at radius 2 is 1.94 bits per heavy atom. The number of benzene rings is 1. The van der Waals surface area contributed by atoms with Crippen LogP contribution in [0.5, 0.6) is 0 Å². The van der Waals surface area contributed by atoms with Crippen LogP contribution in [0.4, 0.5) is 5.69 Å². The van der Waals surface area contributed by atoms with E-state index in [2.05, 4.69) is 30.9 Å². The number of nitrogens with two attached hydrogens (primary N) is 1. The van der Waals surface area contributed by atoms with Gasteiger partial charge in [-0.15, -0.1) is 0 Å². The number of rotatable bonds is 5. The molecule has 0 saturated heterocycles. The van der Waals surface area contributed by atoms with E-state index in [9.17, 15) is 0 Å². The summed E-state index contributed by atoms with van der Waals surface area (Å²) >= 11 is 0. The van der Waals surface area contributed by atoms with Crippen LogP contribution in [0.25, 0.3) is 0 Å². The fraction of sp³-hybridized carbons (Fsp3) is 0.571. The van der Waals surface area contributed by atoms with E-state index in [1.165, 1.54) is 31.4 Å². The van der Waals surface area contributed by atoms with Crippen molar-refractivity contribution in [2.45, 2.75) is 45.2 Å². The first-order valence-electron chi connectivity index (χ1n) is 6.33. The van der Waals surface area contributed by atoms with Crippen LogP contribution in [0, 0.1) is 0 Å². The molecule has 0 radical (unpaired) electrons. The Balaban J connectivity index is 2.08. The molecule has 2 rings (SSSR count). The van der Waals surface area contributed by atoms with Crippen molar-refractivity contribution in [1.29, 1.82) is 0 Å². The van der Waals surface area contributed by atoms with Crippen molar-refractivity contribution in [3.63, 3.8) is 0 Å². The van der Waals surface area contributed by atoms with E-state index in [4.69, 9.17) is 5.73 Å². The Hall–Kier alpha value is -1.02. The second-order valence-corrected chi connectivity index (χ2v) is 4.81. The summed E-state index contributed by atoms with van der Waals surface area (Å²) < 4.78 is 0. The van der Waals surface area contributed by atoms with Gasteiger partial charge in [-0.3, -0.25) is 4.90 Å². The maximum atomic E-state index is 5.72. The predicted molar refractivity (Wildman–Crippen MR) is 69.3 cm³/mol. The molecule has 88 valence electrons. The van der Waals surface area contributed by atoms with Gasteiger partial charge in [0.25, 0.3) is 0 Å². The monoisotopic (exact) mass is 218 g/mol. The van der Waals surface area contributed by atoms with E-state index >= 15 is 0 Å². The molecule has 1 aliphatic carbocycles. The molecule has 2 nitrogen and oxygen atoms in total.